The fraction of sp³-hybridized carbons (Fsp3) is 0.0833. The number of hydrogen-bond acceptors (Lipinski definition) is 6. The van der Waals surface area contributed by atoms with E-state index in [2.05, 4.69) is 36.7 Å². The third kappa shape index (κ3) is 5.85. The molecule has 0 aliphatic carbocycles. The Morgan fingerprint density at radius 1 is 1.15 bits per heavy atom. The Kier molecular flexibility index (Phi) is 7.99. The number of halogens is 2. The maximum Gasteiger partial charge on any atom is 0.250 e. The Morgan fingerprint density at radius 3 is 2.62 bits per heavy atom. The van der Waals surface area contributed by atoms with Gasteiger partial charge in [0, 0.05) is 16.3 Å². The predicted octanol–water partition coefficient (Wildman–Crippen LogP) is 5.60. The van der Waals surface area contributed by atoms with Crippen LogP contribution in [-0.2, 0) is 4.79 Å². The number of rotatable bonds is 8. The minimum absolute atomic E-state index is 0.120. The lowest BCUT2D eigenvalue weighted by Gasteiger charge is -2.10. The van der Waals surface area contributed by atoms with Crippen LogP contribution in [0.2, 0.25) is 5.02 Å². The van der Waals surface area contributed by atoms with Gasteiger partial charge in [-0.1, -0.05) is 41.6 Å². The van der Waals surface area contributed by atoms with E-state index in [4.69, 9.17) is 16.3 Å². The summed E-state index contributed by atoms with van der Waals surface area (Å²) in [4.78, 5) is 12.4. The fourth-order valence-electron chi connectivity index (χ4n) is 3.06. The van der Waals surface area contributed by atoms with Crippen molar-refractivity contribution < 1.29 is 9.53 Å². The number of para-hydroxylation sites is 1. The Bertz CT molecular complexity index is 1310. The minimum Gasteiger partial charge on any atom is -0.496 e. The molecular weight excluding hydrogens is 538 g/mol. The number of amides is 1. The van der Waals surface area contributed by atoms with Gasteiger partial charge >= 0.3 is 0 Å². The first-order valence-corrected chi connectivity index (χ1v) is 12.3. The molecule has 0 spiro atoms. The molecule has 0 saturated heterocycles. The fourth-order valence-corrected chi connectivity index (χ4v) is 4.49. The van der Waals surface area contributed by atoms with E-state index in [1.165, 1.54) is 11.8 Å². The molecule has 1 heterocycles. The number of carbonyl (C=O) groups excluding carboxylic acids is 1. The molecule has 0 fully saturated rings. The van der Waals surface area contributed by atoms with Crippen molar-refractivity contribution >= 4 is 51.4 Å². The van der Waals surface area contributed by atoms with Crippen molar-refractivity contribution in [3.05, 3.63) is 87.9 Å². The molecule has 10 heteroatoms. The average Bonchev–Trinajstić information content (AvgIpc) is 3.28. The molecule has 0 atom stereocenters. The zero-order valence-electron chi connectivity index (χ0n) is 18.0. The molecule has 0 aliphatic heterocycles. The number of carbonyl (C=O) groups is 1. The van der Waals surface area contributed by atoms with Gasteiger partial charge in [-0.3, -0.25) is 9.36 Å². The monoisotopic (exact) mass is 555 g/mol. The van der Waals surface area contributed by atoms with E-state index in [0.29, 0.717) is 16.0 Å². The second-order valence-electron chi connectivity index (χ2n) is 6.96. The van der Waals surface area contributed by atoms with E-state index in [0.717, 1.165) is 27.0 Å². The highest BCUT2D eigenvalue weighted by atomic mass is 79.9. The summed E-state index contributed by atoms with van der Waals surface area (Å²) in [6.07, 6.45) is 1.57. The summed E-state index contributed by atoms with van der Waals surface area (Å²) in [5, 5.41) is 14.0. The normalized spacial score (nSPS) is 11.0. The summed E-state index contributed by atoms with van der Waals surface area (Å²) in [5.74, 6) is 1.24. The molecule has 0 radical (unpaired) electrons. The Balaban J connectivity index is 1.47. The highest BCUT2D eigenvalue weighted by Crippen LogP contribution is 2.28. The standard InChI is InChI=1S/C24H19BrClN5O2S/c1-33-21-12-7-16(13-20(21)25)14-27-28-22(32)15-34-24-30-29-23(17-8-10-18(26)11-9-17)31(24)19-5-3-2-4-6-19/h2-14H,15H2,1H3,(H,28,32). The van der Waals surface area contributed by atoms with E-state index in [1.807, 2.05) is 65.2 Å². The molecule has 3 aromatic carbocycles. The third-order valence-electron chi connectivity index (χ3n) is 4.66. The topological polar surface area (TPSA) is 81.4 Å². The van der Waals surface area contributed by atoms with Crippen LogP contribution in [0.1, 0.15) is 5.56 Å². The Morgan fingerprint density at radius 2 is 1.91 bits per heavy atom. The summed E-state index contributed by atoms with van der Waals surface area (Å²) < 4.78 is 7.93. The lowest BCUT2D eigenvalue weighted by atomic mass is 10.2. The minimum atomic E-state index is -0.260. The Labute approximate surface area is 214 Å². The van der Waals surface area contributed by atoms with Crippen LogP contribution in [-0.4, -0.2) is 39.7 Å². The van der Waals surface area contributed by atoms with Gasteiger partial charge in [0.1, 0.15) is 5.75 Å². The molecule has 4 rings (SSSR count). The summed E-state index contributed by atoms with van der Waals surface area (Å²) in [7, 11) is 1.60. The second-order valence-corrected chi connectivity index (χ2v) is 9.19. The van der Waals surface area contributed by atoms with Crippen molar-refractivity contribution in [1.82, 2.24) is 20.2 Å². The molecule has 1 aromatic heterocycles. The molecule has 1 amide bonds. The Hall–Kier alpha value is -3.14. The molecule has 0 bridgehead atoms. The first-order chi connectivity index (χ1) is 16.5. The summed E-state index contributed by atoms with van der Waals surface area (Å²) in [6, 6.07) is 22.6. The molecule has 34 heavy (non-hydrogen) atoms. The molecule has 7 nitrogen and oxygen atoms in total. The lowest BCUT2D eigenvalue weighted by molar-refractivity contribution is -0.118. The van der Waals surface area contributed by atoms with Crippen molar-refractivity contribution in [2.45, 2.75) is 5.16 Å². The van der Waals surface area contributed by atoms with Crippen LogP contribution in [0.3, 0.4) is 0 Å². The van der Waals surface area contributed by atoms with Gasteiger partial charge in [0.15, 0.2) is 11.0 Å². The van der Waals surface area contributed by atoms with Crippen molar-refractivity contribution in [2.75, 3.05) is 12.9 Å². The van der Waals surface area contributed by atoms with Gasteiger partial charge in [0.25, 0.3) is 5.91 Å². The second kappa shape index (κ2) is 11.3. The SMILES string of the molecule is COc1ccc(C=NNC(=O)CSc2nnc(-c3ccc(Cl)cc3)n2-c2ccccc2)cc1Br. The summed E-state index contributed by atoms with van der Waals surface area (Å²) in [6.45, 7) is 0. The maximum absolute atomic E-state index is 12.4. The highest BCUT2D eigenvalue weighted by molar-refractivity contribution is 9.10. The molecule has 1 N–H and O–H groups in total. The van der Waals surface area contributed by atoms with E-state index >= 15 is 0 Å². The molecular formula is C24H19BrClN5O2S. The molecule has 172 valence electrons. The molecule has 0 saturated carbocycles. The number of thioether (sulfide) groups is 1. The van der Waals surface area contributed by atoms with Gasteiger partial charge in [-0.25, -0.2) is 5.43 Å². The van der Waals surface area contributed by atoms with Crippen LogP contribution in [0.5, 0.6) is 5.75 Å². The largest absolute Gasteiger partial charge is 0.496 e. The van der Waals surface area contributed by atoms with Gasteiger partial charge in [0.05, 0.1) is 23.5 Å². The van der Waals surface area contributed by atoms with E-state index in [1.54, 1.807) is 25.5 Å². The van der Waals surface area contributed by atoms with Crippen molar-refractivity contribution in [2.24, 2.45) is 5.10 Å². The van der Waals surface area contributed by atoms with Crippen LogP contribution in [0.25, 0.3) is 17.1 Å². The van der Waals surface area contributed by atoms with Crippen molar-refractivity contribution in [3.8, 4) is 22.8 Å². The van der Waals surface area contributed by atoms with Gasteiger partial charge in [-0.2, -0.15) is 5.10 Å². The number of benzene rings is 3. The third-order valence-corrected chi connectivity index (χ3v) is 6.46. The zero-order chi connectivity index (χ0) is 23.9. The number of nitrogens with zero attached hydrogens (tertiary/aromatic N) is 4. The first kappa shape index (κ1) is 24.0. The van der Waals surface area contributed by atoms with Gasteiger partial charge in [-0.15, -0.1) is 10.2 Å². The highest BCUT2D eigenvalue weighted by Gasteiger charge is 2.17. The first-order valence-electron chi connectivity index (χ1n) is 10.1. The predicted molar refractivity (Wildman–Crippen MR) is 139 cm³/mol. The smallest absolute Gasteiger partial charge is 0.250 e. The van der Waals surface area contributed by atoms with E-state index < -0.39 is 0 Å². The maximum atomic E-state index is 12.4. The van der Waals surface area contributed by atoms with Crippen molar-refractivity contribution in [3.63, 3.8) is 0 Å². The lowest BCUT2D eigenvalue weighted by Crippen LogP contribution is -2.20. The zero-order valence-corrected chi connectivity index (χ0v) is 21.1. The van der Waals surface area contributed by atoms with Gasteiger partial charge in [-0.05, 0) is 76.1 Å². The van der Waals surface area contributed by atoms with Crippen LogP contribution in [0.15, 0.2) is 87.5 Å². The van der Waals surface area contributed by atoms with Crippen molar-refractivity contribution in [1.29, 1.82) is 0 Å². The number of ether oxygens (including phenoxy) is 1. The average molecular weight is 557 g/mol. The van der Waals surface area contributed by atoms with Crippen LogP contribution in [0.4, 0.5) is 0 Å². The van der Waals surface area contributed by atoms with E-state index in [9.17, 15) is 4.79 Å². The number of aromatic nitrogens is 3. The summed E-state index contributed by atoms with van der Waals surface area (Å²) >= 11 is 10.7. The molecule has 0 unspecified atom stereocenters. The quantitative estimate of drug-likeness (QED) is 0.174. The number of hydrogen-bond donors (Lipinski definition) is 1. The molecule has 4 aromatic rings. The molecule has 0 aliphatic rings. The number of nitrogens with one attached hydrogen (secondary N) is 1. The number of methoxy groups -OCH3 is 1. The van der Waals surface area contributed by atoms with E-state index in [-0.39, 0.29) is 11.7 Å². The number of hydrazone groups is 1. The van der Waals surface area contributed by atoms with Crippen LogP contribution >= 0.6 is 39.3 Å². The summed E-state index contributed by atoms with van der Waals surface area (Å²) in [5.41, 5.74) is 5.12. The van der Waals surface area contributed by atoms with Gasteiger partial charge in [0.2, 0.25) is 0 Å². The van der Waals surface area contributed by atoms with Gasteiger partial charge < -0.3 is 4.74 Å². The van der Waals surface area contributed by atoms with Crippen LogP contribution < -0.4 is 10.2 Å². The van der Waals surface area contributed by atoms with Crippen LogP contribution in [0, 0.1) is 0 Å².